The third-order valence-electron chi connectivity index (χ3n) is 4.21. The zero-order chi connectivity index (χ0) is 10.3. The summed E-state index contributed by atoms with van der Waals surface area (Å²) in [5.41, 5.74) is 1.80. The minimum absolute atomic E-state index is 0. The van der Waals surface area contributed by atoms with Crippen molar-refractivity contribution in [3.8, 4) is 0 Å². The van der Waals surface area contributed by atoms with Crippen LogP contribution in [-0.4, -0.2) is 0 Å². The molecule has 0 aliphatic heterocycles. The third-order valence-corrected chi connectivity index (χ3v) is 4.21. The van der Waals surface area contributed by atoms with Gasteiger partial charge in [0.05, 0.1) is 0 Å². The molecule has 0 atom stereocenters. The van der Waals surface area contributed by atoms with Crippen LogP contribution in [0.15, 0.2) is 11.6 Å². The second-order valence-corrected chi connectivity index (χ2v) is 5.42. The Balaban J connectivity index is 0.000000183. The van der Waals surface area contributed by atoms with Crippen LogP contribution in [0.25, 0.3) is 0 Å². The molecule has 0 spiro atoms. The molecule has 2 saturated carbocycles. The van der Waals surface area contributed by atoms with E-state index in [0.717, 1.165) is 5.92 Å². The smallest absolute Gasteiger partial charge is 0 e. The normalized spacial score (nSPS) is 24.6. The standard InChI is InChI=1S/C10H16.C5H10.Fe/c1-2-6-9(5-1)10-7-3-4-8-10;1-2-4-5-3-1;/h5,10H,1-4,6-8H2;1-5H2;. The minimum atomic E-state index is 0. The van der Waals surface area contributed by atoms with Gasteiger partial charge in [0.15, 0.2) is 0 Å². The fourth-order valence-electron chi connectivity index (χ4n) is 3.25. The first-order valence-corrected chi connectivity index (χ1v) is 7.16. The molecule has 0 aromatic carbocycles. The summed E-state index contributed by atoms with van der Waals surface area (Å²) in [6.45, 7) is 0. The first-order valence-electron chi connectivity index (χ1n) is 7.16. The third kappa shape index (κ3) is 4.63. The predicted octanol–water partition coefficient (Wildman–Crippen LogP) is 5.23. The van der Waals surface area contributed by atoms with Gasteiger partial charge in [-0.3, -0.25) is 0 Å². The Kier molecular flexibility index (Phi) is 7.49. The van der Waals surface area contributed by atoms with Crippen molar-refractivity contribution < 1.29 is 17.1 Å². The van der Waals surface area contributed by atoms with Crippen LogP contribution in [0.2, 0.25) is 0 Å². The Morgan fingerprint density at radius 2 is 1.31 bits per heavy atom. The molecular formula is C15H26Fe. The molecule has 2 fully saturated rings. The average molecular weight is 262 g/mol. The van der Waals surface area contributed by atoms with Crippen LogP contribution in [0.5, 0.6) is 0 Å². The fraction of sp³-hybridized carbons (Fsp3) is 0.867. The maximum Gasteiger partial charge on any atom is 0 e. The molecule has 16 heavy (non-hydrogen) atoms. The summed E-state index contributed by atoms with van der Waals surface area (Å²) in [7, 11) is 0. The Morgan fingerprint density at radius 3 is 1.75 bits per heavy atom. The summed E-state index contributed by atoms with van der Waals surface area (Å²) in [6, 6.07) is 0. The molecule has 0 bridgehead atoms. The fourth-order valence-corrected chi connectivity index (χ4v) is 3.25. The van der Waals surface area contributed by atoms with Crippen molar-refractivity contribution in [2.24, 2.45) is 5.92 Å². The quantitative estimate of drug-likeness (QED) is 0.448. The van der Waals surface area contributed by atoms with E-state index in [4.69, 9.17) is 0 Å². The van der Waals surface area contributed by atoms with E-state index in [2.05, 4.69) is 6.08 Å². The molecular weight excluding hydrogens is 236 g/mol. The van der Waals surface area contributed by atoms with Crippen molar-refractivity contribution >= 4 is 0 Å². The molecule has 94 valence electrons. The Hall–Kier alpha value is 0.259. The molecule has 3 aliphatic rings. The topological polar surface area (TPSA) is 0 Å². The monoisotopic (exact) mass is 262 g/mol. The molecule has 1 heteroatoms. The summed E-state index contributed by atoms with van der Waals surface area (Å²) < 4.78 is 0. The van der Waals surface area contributed by atoms with Crippen LogP contribution in [-0.2, 0) is 17.1 Å². The average Bonchev–Trinajstić information content (AvgIpc) is 3.06. The summed E-state index contributed by atoms with van der Waals surface area (Å²) in [5.74, 6) is 1.02. The zero-order valence-corrected chi connectivity index (χ0v) is 11.6. The van der Waals surface area contributed by atoms with E-state index in [-0.39, 0.29) is 17.1 Å². The molecule has 0 radical (unpaired) electrons. The van der Waals surface area contributed by atoms with Crippen LogP contribution >= 0.6 is 0 Å². The van der Waals surface area contributed by atoms with E-state index >= 15 is 0 Å². The number of hydrogen-bond donors (Lipinski definition) is 0. The second kappa shape index (κ2) is 8.36. The molecule has 3 rings (SSSR count). The van der Waals surface area contributed by atoms with E-state index in [1.165, 1.54) is 77.0 Å². The van der Waals surface area contributed by atoms with Crippen LogP contribution in [0.3, 0.4) is 0 Å². The van der Waals surface area contributed by atoms with Gasteiger partial charge in [0.2, 0.25) is 0 Å². The molecule has 0 aromatic rings. The second-order valence-electron chi connectivity index (χ2n) is 5.42. The summed E-state index contributed by atoms with van der Waals surface area (Å²) in [5, 5.41) is 0. The molecule has 0 N–H and O–H groups in total. The zero-order valence-electron chi connectivity index (χ0n) is 10.5. The van der Waals surface area contributed by atoms with E-state index < -0.39 is 0 Å². The van der Waals surface area contributed by atoms with Gasteiger partial charge >= 0.3 is 0 Å². The molecule has 0 amide bonds. The molecule has 0 aromatic heterocycles. The van der Waals surface area contributed by atoms with Crippen molar-refractivity contribution in [2.75, 3.05) is 0 Å². The minimum Gasteiger partial charge on any atom is -0.0850 e. The van der Waals surface area contributed by atoms with Crippen LogP contribution in [0, 0.1) is 5.92 Å². The first-order chi connectivity index (χ1) is 7.47. The van der Waals surface area contributed by atoms with Gasteiger partial charge in [-0.15, -0.1) is 0 Å². The summed E-state index contributed by atoms with van der Waals surface area (Å²) >= 11 is 0. The maximum atomic E-state index is 2.50. The SMILES string of the molecule is C1=C(C2CCCC2)CCC1.C1CCCC1.[Fe]. The van der Waals surface area contributed by atoms with Gasteiger partial charge in [0, 0.05) is 17.1 Å². The van der Waals surface area contributed by atoms with Crippen LogP contribution in [0.4, 0.5) is 0 Å². The van der Waals surface area contributed by atoms with E-state index in [9.17, 15) is 0 Å². The van der Waals surface area contributed by atoms with E-state index in [1.807, 2.05) is 0 Å². The van der Waals surface area contributed by atoms with Crippen LogP contribution < -0.4 is 0 Å². The van der Waals surface area contributed by atoms with Crippen LogP contribution in [0.1, 0.15) is 77.0 Å². The van der Waals surface area contributed by atoms with Gasteiger partial charge in [-0.2, -0.15) is 0 Å². The van der Waals surface area contributed by atoms with Gasteiger partial charge < -0.3 is 0 Å². The van der Waals surface area contributed by atoms with Gasteiger partial charge in [-0.25, -0.2) is 0 Å². The number of allylic oxidation sites excluding steroid dienone is 2. The molecule has 0 unspecified atom stereocenters. The van der Waals surface area contributed by atoms with Crippen molar-refractivity contribution in [3.05, 3.63) is 11.6 Å². The Labute approximate surface area is 112 Å². The predicted molar refractivity (Wildman–Crippen MR) is 67.0 cm³/mol. The van der Waals surface area contributed by atoms with Crippen molar-refractivity contribution in [1.29, 1.82) is 0 Å². The Morgan fingerprint density at radius 1 is 0.750 bits per heavy atom. The van der Waals surface area contributed by atoms with E-state index in [0.29, 0.717) is 0 Å². The van der Waals surface area contributed by atoms with Crippen molar-refractivity contribution in [1.82, 2.24) is 0 Å². The molecule has 3 aliphatic carbocycles. The van der Waals surface area contributed by atoms with Crippen molar-refractivity contribution in [2.45, 2.75) is 77.0 Å². The first kappa shape index (κ1) is 14.3. The summed E-state index contributed by atoms with van der Waals surface area (Å²) in [4.78, 5) is 0. The van der Waals surface area contributed by atoms with Gasteiger partial charge in [-0.1, -0.05) is 56.6 Å². The number of hydrogen-bond acceptors (Lipinski definition) is 0. The van der Waals surface area contributed by atoms with Gasteiger partial charge in [-0.05, 0) is 38.0 Å². The maximum absolute atomic E-state index is 2.50. The Bertz CT molecular complexity index is 190. The van der Waals surface area contributed by atoms with Gasteiger partial charge in [0.1, 0.15) is 0 Å². The van der Waals surface area contributed by atoms with Gasteiger partial charge in [0.25, 0.3) is 0 Å². The molecule has 0 heterocycles. The number of rotatable bonds is 1. The summed E-state index contributed by atoms with van der Waals surface area (Å²) in [6.07, 6.45) is 20.2. The van der Waals surface area contributed by atoms with Crippen molar-refractivity contribution in [3.63, 3.8) is 0 Å². The largest absolute Gasteiger partial charge is 0.0850 e. The van der Waals surface area contributed by atoms with E-state index in [1.54, 1.807) is 5.57 Å². The molecule has 0 nitrogen and oxygen atoms in total. The molecule has 0 saturated heterocycles.